The monoisotopic (exact) mass is 312 g/mol. The maximum atomic E-state index is 10.8. The molecule has 2 atom stereocenters. The number of hydrogen-bond donors (Lipinski definition) is 2. The lowest BCUT2D eigenvalue weighted by Crippen LogP contribution is -1.99. The highest BCUT2D eigenvalue weighted by Crippen LogP contribution is 2.46. The lowest BCUT2D eigenvalue weighted by atomic mass is 10.3. The van der Waals surface area contributed by atoms with Crippen molar-refractivity contribution in [3.05, 3.63) is 27.9 Å². The Morgan fingerprint density at radius 3 is 3.06 bits per heavy atom. The summed E-state index contributed by atoms with van der Waals surface area (Å²) in [6.45, 7) is 0. The van der Waals surface area contributed by atoms with E-state index in [2.05, 4.69) is 25.9 Å². The van der Waals surface area contributed by atoms with Gasteiger partial charge in [-0.1, -0.05) is 0 Å². The van der Waals surface area contributed by atoms with Crippen LogP contribution >= 0.6 is 27.3 Å². The molecule has 88 valence electrons. The third kappa shape index (κ3) is 2.02. The molecule has 0 aromatic carbocycles. The summed E-state index contributed by atoms with van der Waals surface area (Å²) in [7, 11) is 0. The van der Waals surface area contributed by atoms with Crippen molar-refractivity contribution in [3.8, 4) is 10.6 Å². The van der Waals surface area contributed by atoms with Crippen molar-refractivity contribution in [1.29, 1.82) is 0 Å². The number of aliphatic carboxylic acids is 1. The number of nitrogens with one attached hydrogen (secondary N) is 1. The Bertz CT molecular complexity index is 578. The largest absolute Gasteiger partial charge is 0.481 e. The van der Waals surface area contributed by atoms with Crippen LogP contribution in [0.3, 0.4) is 0 Å². The van der Waals surface area contributed by atoms with Gasteiger partial charge < -0.3 is 10.1 Å². The highest BCUT2D eigenvalue weighted by molar-refractivity contribution is 9.10. The molecule has 2 aromatic heterocycles. The van der Waals surface area contributed by atoms with Gasteiger partial charge in [-0.05, 0) is 28.4 Å². The Hall–Kier alpha value is -1.14. The van der Waals surface area contributed by atoms with Gasteiger partial charge in [0.15, 0.2) is 0 Å². The van der Waals surface area contributed by atoms with E-state index >= 15 is 0 Å². The molecule has 2 unspecified atom stereocenters. The fourth-order valence-electron chi connectivity index (χ4n) is 1.87. The molecule has 0 radical (unpaired) electrons. The number of nitrogens with zero attached hydrogens (tertiary/aromatic N) is 1. The molecule has 1 saturated carbocycles. The zero-order valence-corrected chi connectivity index (χ0v) is 11.1. The molecule has 4 nitrogen and oxygen atoms in total. The quantitative estimate of drug-likeness (QED) is 0.915. The first-order chi connectivity index (χ1) is 8.15. The first-order valence-electron chi connectivity index (χ1n) is 5.17. The van der Waals surface area contributed by atoms with E-state index in [0.717, 1.165) is 20.9 Å². The van der Waals surface area contributed by atoms with Crippen LogP contribution < -0.4 is 0 Å². The first kappa shape index (κ1) is 11.0. The lowest BCUT2D eigenvalue weighted by molar-refractivity contribution is -0.138. The molecule has 1 fully saturated rings. The summed E-state index contributed by atoms with van der Waals surface area (Å²) < 4.78 is 1.04. The molecule has 2 aromatic rings. The minimum atomic E-state index is -0.730. The molecule has 0 amide bonds. The van der Waals surface area contributed by atoms with E-state index < -0.39 is 5.97 Å². The molecule has 0 bridgehead atoms. The number of H-pyrrole nitrogens is 1. The van der Waals surface area contributed by atoms with Gasteiger partial charge in [-0.15, -0.1) is 11.3 Å². The summed E-state index contributed by atoms with van der Waals surface area (Å²) in [6, 6.07) is 2.02. The van der Waals surface area contributed by atoms with E-state index in [1.54, 1.807) is 17.5 Å². The van der Waals surface area contributed by atoms with E-state index in [1.807, 2.05) is 11.4 Å². The van der Waals surface area contributed by atoms with E-state index in [-0.39, 0.29) is 11.8 Å². The van der Waals surface area contributed by atoms with Crippen molar-refractivity contribution in [2.45, 2.75) is 12.3 Å². The molecular formula is C11H9BrN2O2S. The van der Waals surface area contributed by atoms with Gasteiger partial charge in [-0.2, -0.15) is 0 Å². The second kappa shape index (κ2) is 3.96. The van der Waals surface area contributed by atoms with Crippen molar-refractivity contribution in [2.24, 2.45) is 5.92 Å². The maximum absolute atomic E-state index is 10.8. The van der Waals surface area contributed by atoms with E-state index in [1.165, 1.54) is 0 Å². The van der Waals surface area contributed by atoms with Gasteiger partial charge in [0.25, 0.3) is 0 Å². The van der Waals surface area contributed by atoms with Crippen molar-refractivity contribution < 1.29 is 9.90 Å². The van der Waals surface area contributed by atoms with Crippen LogP contribution in [0, 0.1) is 5.92 Å². The van der Waals surface area contributed by atoms with Gasteiger partial charge in [0, 0.05) is 15.8 Å². The maximum Gasteiger partial charge on any atom is 0.307 e. The molecule has 2 N–H and O–H groups in total. The van der Waals surface area contributed by atoms with Crippen LogP contribution in [0.15, 0.2) is 22.1 Å². The predicted molar refractivity (Wildman–Crippen MR) is 68.1 cm³/mol. The Morgan fingerprint density at radius 2 is 2.47 bits per heavy atom. The van der Waals surface area contributed by atoms with Crippen molar-refractivity contribution in [3.63, 3.8) is 0 Å². The third-order valence-corrected chi connectivity index (χ3v) is 4.61. The summed E-state index contributed by atoms with van der Waals surface area (Å²) in [5.74, 6) is -0.141. The SMILES string of the molecule is O=C(O)C1CC1c1ncc(-c2cc(Br)cs2)[nH]1. The summed E-state index contributed by atoms with van der Waals surface area (Å²) in [6.07, 6.45) is 2.46. The fourth-order valence-corrected chi connectivity index (χ4v) is 3.27. The summed E-state index contributed by atoms with van der Waals surface area (Å²) >= 11 is 5.03. The molecule has 3 rings (SSSR count). The fraction of sp³-hybridized carbons (Fsp3) is 0.273. The normalized spacial score (nSPS) is 22.6. The van der Waals surface area contributed by atoms with Crippen molar-refractivity contribution in [1.82, 2.24) is 9.97 Å². The molecule has 1 aliphatic rings. The zero-order valence-electron chi connectivity index (χ0n) is 8.68. The van der Waals surface area contributed by atoms with Crippen molar-refractivity contribution in [2.75, 3.05) is 0 Å². The number of rotatable bonds is 3. The second-order valence-corrected chi connectivity index (χ2v) is 5.93. The van der Waals surface area contributed by atoms with Gasteiger partial charge in [0.05, 0.1) is 22.7 Å². The Balaban J connectivity index is 1.82. The number of carboxylic acid groups (broad SMARTS) is 1. The lowest BCUT2D eigenvalue weighted by Gasteiger charge is -1.92. The van der Waals surface area contributed by atoms with Crippen LogP contribution in [-0.2, 0) is 4.79 Å². The van der Waals surface area contributed by atoms with E-state index in [4.69, 9.17) is 5.11 Å². The highest BCUT2D eigenvalue weighted by Gasteiger charge is 2.46. The molecule has 0 aliphatic heterocycles. The Kier molecular flexibility index (Phi) is 2.56. The van der Waals surface area contributed by atoms with Gasteiger partial charge in [-0.25, -0.2) is 4.98 Å². The van der Waals surface area contributed by atoms with E-state index in [9.17, 15) is 4.79 Å². The topological polar surface area (TPSA) is 66.0 Å². The zero-order chi connectivity index (χ0) is 12.0. The highest BCUT2D eigenvalue weighted by atomic mass is 79.9. The third-order valence-electron chi connectivity index (χ3n) is 2.89. The first-order valence-corrected chi connectivity index (χ1v) is 6.84. The van der Waals surface area contributed by atoms with E-state index in [0.29, 0.717) is 6.42 Å². The number of hydrogen-bond acceptors (Lipinski definition) is 3. The van der Waals surface area contributed by atoms with Gasteiger partial charge in [0.1, 0.15) is 5.82 Å². The Morgan fingerprint density at radius 1 is 1.65 bits per heavy atom. The van der Waals surface area contributed by atoms with Crippen LogP contribution in [0.25, 0.3) is 10.6 Å². The van der Waals surface area contributed by atoms with Gasteiger partial charge in [0.2, 0.25) is 0 Å². The van der Waals surface area contributed by atoms with Crippen LogP contribution in [-0.4, -0.2) is 21.0 Å². The molecule has 2 heterocycles. The minimum absolute atomic E-state index is 0.0599. The summed E-state index contributed by atoms with van der Waals surface area (Å²) in [5.41, 5.74) is 0.951. The molecule has 17 heavy (non-hydrogen) atoms. The standard InChI is InChI=1S/C11H9BrN2O2S/c12-5-1-9(17-4-5)8-3-13-10(14-8)6-2-7(6)11(15)16/h1,3-4,6-7H,2H2,(H,13,14)(H,15,16). The Labute approximate surface area is 110 Å². The molecule has 1 aliphatic carbocycles. The number of aromatic nitrogens is 2. The number of halogens is 1. The van der Waals surface area contributed by atoms with Crippen LogP contribution in [0.5, 0.6) is 0 Å². The molecule has 0 saturated heterocycles. The minimum Gasteiger partial charge on any atom is -0.481 e. The number of aromatic amines is 1. The molecule has 0 spiro atoms. The molecule has 6 heteroatoms. The molecular weight excluding hydrogens is 304 g/mol. The van der Waals surface area contributed by atoms with Gasteiger partial charge in [-0.3, -0.25) is 4.79 Å². The number of thiophene rings is 1. The number of carboxylic acids is 1. The van der Waals surface area contributed by atoms with Crippen molar-refractivity contribution >= 4 is 33.2 Å². The van der Waals surface area contributed by atoms with Crippen LogP contribution in [0.2, 0.25) is 0 Å². The average molecular weight is 313 g/mol. The summed E-state index contributed by atoms with van der Waals surface area (Å²) in [5, 5.41) is 10.9. The van der Waals surface area contributed by atoms with Crippen LogP contribution in [0.1, 0.15) is 18.2 Å². The smallest absolute Gasteiger partial charge is 0.307 e. The average Bonchev–Trinajstić information content (AvgIpc) is 2.74. The number of carbonyl (C=O) groups is 1. The second-order valence-electron chi connectivity index (χ2n) is 4.10. The van der Waals surface area contributed by atoms with Crippen LogP contribution in [0.4, 0.5) is 0 Å². The predicted octanol–water partition coefficient (Wildman–Crippen LogP) is 3.09. The van der Waals surface area contributed by atoms with Gasteiger partial charge >= 0.3 is 5.97 Å². The number of imidazole rings is 1. The summed E-state index contributed by atoms with van der Waals surface area (Å²) in [4.78, 5) is 19.4.